The molecule has 0 saturated carbocycles. The SMILES string of the molecule is CNCCS(=O)(=O)NCCc1nncn1C. The van der Waals surface area contributed by atoms with E-state index >= 15 is 0 Å². The number of sulfonamides is 1. The van der Waals surface area contributed by atoms with E-state index in [2.05, 4.69) is 20.2 Å². The van der Waals surface area contributed by atoms with E-state index in [1.807, 2.05) is 7.05 Å². The van der Waals surface area contributed by atoms with Crippen molar-refractivity contribution in [3.63, 3.8) is 0 Å². The molecule has 1 heterocycles. The largest absolute Gasteiger partial charge is 0.321 e. The molecular weight excluding hydrogens is 230 g/mol. The Bertz CT molecular complexity index is 414. The molecule has 1 rings (SSSR count). The first-order valence-corrected chi connectivity index (χ1v) is 6.65. The molecule has 1 aromatic rings. The van der Waals surface area contributed by atoms with Crippen molar-refractivity contribution in [3.05, 3.63) is 12.2 Å². The Morgan fingerprint density at radius 2 is 2.19 bits per heavy atom. The molecule has 0 aliphatic heterocycles. The zero-order valence-electron chi connectivity index (χ0n) is 9.47. The fraction of sp³-hybridized carbons (Fsp3) is 0.750. The molecular formula is C8H17N5O2S. The van der Waals surface area contributed by atoms with Crippen LogP contribution in [0.3, 0.4) is 0 Å². The predicted molar refractivity (Wildman–Crippen MR) is 60.4 cm³/mol. The number of aromatic nitrogens is 3. The fourth-order valence-electron chi connectivity index (χ4n) is 1.16. The molecule has 2 N–H and O–H groups in total. The summed E-state index contributed by atoms with van der Waals surface area (Å²) >= 11 is 0. The standard InChI is InChI=1S/C8H17N5O2S/c1-9-5-6-16(14,15)11-4-3-8-12-10-7-13(8)2/h7,9,11H,3-6H2,1-2H3. The Morgan fingerprint density at radius 3 is 2.75 bits per heavy atom. The van der Waals surface area contributed by atoms with Gasteiger partial charge in [0.15, 0.2) is 0 Å². The van der Waals surface area contributed by atoms with Gasteiger partial charge in [0, 0.05) is 26.6 Å². The Kier molecular flexibility index (Phi) is 4.84. The third kappa shape index (κ3) is 4.25. The Balaban J connectivity index is 2.33. The maximum absolute atomic E-state index is 11.4. The third-order valence-electron chi connectivity index (χ3n) is 2.10. The third-order valence-corrected chi connectivity index (χ3v) is 3.48. The number of hydrogen-bond acceptors (Lipinski definition) is 5. The molecule has 7 nitrogen and oxygen atoms in total. The fourth-order valence-corrected chi connectivity index (χ4v) is 2.19. The number of nitrogens with zero attached hydrogens (tertiary/aromatic N) is 3. The van der Waals surface area contributed by atoms with Crippen molar-refractivity contribution in [2.75, 3.05) is 25.9 Å². The van der Waals surface area contributed by atoms with Crippen LogP contribution in [0.5, 0.6) is 0 Å². The summed E-state index contributed by atoms with van der Waals surface area (Å²) in [5.74, 6) is 0.846. The molecule has 92 valence electrons. The summed E-state index contributed by atoms with van der Waals surface area (Å²) in [4.78, 5) is 0. The smallest absolute Gasteiger partial charge is 0.212 e. The molecule has 0 aliphatic rings. The molecule has 0 amide bonds. The summed E-state index contributed by atoms with van der Waals surface area (Å²) in [7, 11) is 0.362. The molecule has 0 saturated heterocycles. The minimum absolute atomic E-state index is 0.0856. The first kappa shape index (κ1) is 13.1. The molecule has 0 atom stereocenters. The summed E-state index contributed by atoms with van der Waals surface area (Å²) in [6.07, 6.45) is 2.13. The first-order valence-electron chi connectivity index (χ1n) is 5.00. The quantitative estimate of drug-likeness (QED) is 0.612. The molecule has 8 heteroatoms. The minimum atomic E-state index is -3.18. The number of nitrogens with one attached hydrogen (secondary N) is 2. The van der Waals surface area contributed by atoms with E-state index in [0.29, 0.717) is 19.5 Å². The van der Waals surface area contributed by atoms with Crippen LogP contribution in [0.15, 0.2) is 6.33 Å². The molecule has 0 radical (unpaired) electrons. The van der Waals surface area contributed by atoms with Crippen LogP contribution in [0, 0.1) is 0 Å². The van der Waals surface area contributed by atoms with E-state index in [4.69, 9.17) is 0 Å². The van der Waals surface area contributed by atoms with Gasteiger partial charge < -0.3 is 9.88 Å². The summed E-state index contributed by atoms with van der Waals surface area (Å²) in [6.45, 7) is 0.790. The lowest BCUT2D eigenvalue weighted by molar-refractivity contribution is 0.577. The summed E-state index contributed by atoms with van der Waals surface area (Å²) in [6, 6.07) is 0. The van der Waals surface area contributed by atoms with Gasteiger partial charge >= 0.3 is 0 Å². The molecule has 0 aromatic carbocycles. The molecule has 16 heavy (non-hydrogen) atoms. The van der Waals surface area contributed by atoms with E-state index in [-0.39, 0.29) is 5.75 Å². The lowest BCUT2D eigenvalue weighted by Gasteiger charge is -2.05. The molecule has 0 bridgehead atoms. The summed E-state index contributed by atoms with van der Waals surface area (Å²) in [5.41, 5.74) is 0. The van der Waals surface area contributed by atoms with Gasteiger partial charge in [0.1, 0.15) is 12.2 Å². The van der Waals surface area contributed by atoms with Gasteiger partial charge in [-0.05, 0) is 7.05 Å². The minimum Gasteiger partial charge on any atom is -0.321 e. The van der Waals surface area contributed by atoms with Gasteiger partial charge in [-0.3, -0.25) is 0 Å². The van der Waals surface area contributed by atoms with Crippen molar-refractivity contribution in [2.45, 2.75) is 6.42 Å². The van der Waals surface area contributed by atoms with Crippen molar-refractivity contribution in [3.8, 4) is 0 Å². The average molecular weight is 247 g/mol. The second kappa shape index (κ2) is 5.92. The summed E-state index contributed by atoms with van der Waals surface area (Å²) in [5, 5.41) is 10.4. The highest BCUT2D eigenvalue weighted by Gasteiger charge is 2.09. The average Bonchev–Trinajstić information content (AvgIpc) is 2.62. The van der Waals surface area contributed by atoms with Crippen LogP contribution in [0.4, 0.5) is 0 Å². The van der Waals surface area contributed by atoms with Gasteiger partial charge in [-0.15, -0.1) is 10.2 Å². The highest BCUT2D eigenvalue weighted by atomic mass is 32.2. The number of rotatable bonds is 7. The van der Waals surface area contributed by atoms with Crippen LogP contribution in [-0.2, 0) is 23.5 Å². The topological polar surface area (TPSA) is 88.9 Å². The van der Waals surface area contributed by atoms with Crippen LogP contribution in [0.1, 0.15) is 5.82 Å². The second-order valence-corrected chi connectivity index (χ2v) is 5.35. The highest BCUT2D eigenvalue weighted by molar-refractivity contribution is 7.89. The van der Waals surface area contributed by atoms with Gasteiger partial charge in [0.05, 0.1) is 5.75 Å². The van der Waals surface area contributed by atoms with Crippen LogP contribution < -0.4 is 10.0 Å². The molecule has 0 unspecified atom stereocenters. The number of hydrogen-bond donors (Lipinski definition) is 2. The first-order chi connectivity index (χ1) is 7.55. The zero-order chi connectivity index (χ0) is 12.0. The van der Waals surface area contributed by atoms with Gasteiger partial charge in [-0.2, -0.15) is 0 Å². The molecule has 0 aliphatic carbocycles. The normalized spacial score (nSPS) is 11.9. The van der Waals surface area contributed by atoms with Gasteiger partial charge in [0.2, 0.25) is 10.0 Å². The van der Waals surface area contributed by atoms with Crippen LogP contribution >= 0.6 is 0 Å². The Morgan fingerprint density at radius 1 is 1.44 bits per heavy atom. The second-order valence-electron chi connectivity index (χ2n) is 3.42. The Hall–Kier alpha value is -0.990. The summed E-state index contributed by atoms with van der Waals surface area (Å²) < 4.78 is 27.1. The molecule has 1 aromatic heterocycles. The number of aryl methyl sites for hydroxylation is 1. The van der Waals surface area contributed by atoms with E-state index < -0.39 is 10.0 Å². The zero-order valence-corrected chi connectivity index (χ0v) is 10.3. The van der Waals surface area contributed by atoms with E-state index in [1.165, 1.54) is 0 Å². The van der Waals surface area contributed by atoms with Crippen molar-refractivity contribution >= 4 is 10.0 Å². The van der Waals surface area contributed by atoms with Crippen molar-refractivity contribution < 1.29 is 8.42 Å². The highest BCUT2D eigenvalue weighted by Crippen LogP contribution is 1.92. The van der Waals surface area contributed by atoms with E-state index in [1.54, 1.807) is 17.9 Å². The van der Waals surface area contributed by atoms with E-state index in [9.17, 15) is 8.42 Å². The van der Waals surface area contributed by atoms with Crippen molar-refractivity contribution in [1.29, 1.82) is 0 Å². The van der Waals surface area contributed by atoms with E-state index in [0.717, 1.165) is 5.82 Å². The van der Waals surface area contributed by atoms with Crippen LogP contribution in [0.25, 0.3) is 0 Å². The predicted octanol–water partition coefficient (Wildman–Crippen LogP) is -1.50. The Labute approximate surface area is 95.3 Å². The van der Waals surface area contributed by atoms with Gasteiger partial charge in [-0.1, -0.05) is 0 Å². The molecule has 0 fully saturated rings. The van der Waals surface area contributed by atoms with Gasteiger partial charge in [0.25, 0.3) is 0 Å². The maximum Gasteiger partial charge on any atom is 0.212 e. The molecule has 0 spiro atoms. The maximum atomic E-state index is 11.4. The van der Waals surface area contributed by atoms with Crippen molar-refractivity contribution in [1.82, 2.24) is 24.8 Å². The lowest BCUT2D eigenvalue weighted by Crippen LogP contribution is -2.32. The van der Waals surface area contributed by atoms with Crippen LogP contribution in [-0.4, -0.2) is 49.1 Å². The van der Waals surface area contributed by atoms with Gasteiger partial charge in [-0.25, -0.2) is 13.1 Å². The lowest BCUT2D eigenvalue weighted by atomic mass is 10.4. The van der Waals surface area contributed by atoms with Crippen molar-refractivity contribution in [2.24, 2.45) is 7.05 Å². The van der Waals surface area contributed by atoms with Crippen LogP contribution in [0.2, 0.25) is 0 Å². The monoisotopic (exact) mass is 247 g/mol.